The maximum atomic E-state index is 12.3. The van der Waals surface area contributed by atoms with E-state index in [1.54, 1.807) is 24.5 Å². The number of pyridine rings is 1. The van der Waals surface area contributed by atoms with Crippen LogP contribution in [0.25, 0.3) is 5.65 Å². The van der Waals surface area contributed by atoms with Crippen LogP contribution in [-0.2, 0) is 6.54 Å². The Morgan fingerprint density at radius 2 is 2.17 bits per heavy atom. The predicted molar refractivity (Wildman–Crippen MR) is 85.9 cm³/mol. The second-order valence-corrected chi connectivity index (χ2v) is 5.40. The van der Waals surface area contributed by atoms with E-state index in [1.165, 1.54) is 6.20 Å². The first-order valence-corrected chi connectivity index (χ1v) is 7.27. The summed E-state index contributed by atoms with van der Waals surface area (Å²) >= 11 is 0. The summed E-state index contributed by atoms with van der Waals surface area (Å²) in [5, 5.41) is 22.0. The first kappa shape index (κ1) is 15.6. The fourth-order valence-corrected chi connectivity index (χ4v) is 2.35. The molecule has 0 unspecified atom stereocenters. The van der Waals surface area contributed by atoms with Crippen molar-refractivity contribution >= 4 is 17.2 Å². The third kappa shape index (κ3) is 2.69. The van der Waals surface area contributed by atoms with Gasteiger partial charge in [-0.2, -0.15) is 0 Å². The number of rotatable bonds is 5. The Balaban J connectivity index is 2.02. The van der Waals surface area contributed by atoms with Crippen molar-refractivity contribution < 1.29 is 4.92 Å². The fourth-order valence-electron chi connectivity index (χ4n) is 2.35. The van der Waals surface area contributed by atoms with Crippen LogP contribution >= 0.6 is 0 Å². The van der Waals surface area contributed by atoms with E-state index in [0.717, 1.165) is 4.40 Å². The Morgan fingerprint density at radius 3 is 2.88 bits per heavy atom. The average molecular weight is 329 g/mol. The van der Waals surface area contributed by atoms with Crippen LogP contribution in [0.15, 0.2) is 35.5 Å². The van der Waals surface area contributed by atoms with Gasteiger partial charge in [-0.05, 0) is 26.0 Å². The van der Waals surface area contributed by atoms with Crippen LogP contribution in [0.4, 0.5) is 11.5 Å². The number of fused-ring (bicyclic) bond motifs is 1. The van der Waals surface area contributed by atoms with Crippen LogP contribution < -0.4 is 10.9 Å². The molecular weight excluding hydrogens is 314 g/mol. The summed E-state index contributed by atoms with van der Waals surface area (Å²) < 4.78 is 2.96. The van der Waals surface area contributed by atoms with Gasteiger partial charge in [-0.15, -0.1) is 10.2 Å². The van der Waals surface area contributed by atoms with Gasteiger partial charge in [0.15, 0.2) is 5.82 Å². The minimum absolute atomic E-state index is 0.0884. The van der Waals surface area contributed by atoms with Crippen molar-refractivity contribution in [3.05, 3.63) is 57.0 Å². The molecule has 3 aromatic rings. The van der Waals surface area contributed by atoms with Crippen molar-refractivity contribution in [3.8, 4) is 0 Å². The molecule has 0 fully saturated rings. The van der Waals surface area contributed by atoms with E-state index in [0.29, 0.717) is 11.5 Å². The summed E-state index contributed by atoms with van der Waals surface area (Å²) in [6.07, 6.45) is 3.02. The van der Waals surface area contributed by atoms with Gasteiger partial charge in [0, 0.05) is 12.2 Å². The zero-order valence-corrected chi connectivity index (χ0v) is 13.1. The molecule has 3 rings (SSSR count). The van der Waals surface area contributed by atoms with E-state index < -0.39 is 16.2 Å². The number of hydrogen-bond acceptors (Lipinski definition) is 7. The zero-order chi connectivity index (χ0) is 17.3. The smallest absolute Gasteiger partial charge is 0.357 e. The van der Waals surface area contributed by atoms with Crippen molar-refractivity contribution in [1.29, 1.82) is 0 Å². The summed E-state index contributed by atoms with van der Waals surface area (Å²) in [6.45, 7) is 4.10. The standard InChI is InChI=1S/C14H15N7O3/c1-9(2)20-8-16-18-11(20)7-15-13-12(21(23)24)14(22)19-6-4-3-5-10(19)17-13/h3-6,8-9,15H,7H2,1-2H3. The molecule has 0 amide bonds. The fraction of sp³-hybridized carbons (Fsp3) is 0.286. The molecule has 0 bridgehead atoms. The van der Waals surface area contributed by atoms with Gasteiger partial charge in [0.1, 0.15) is 12.0 Å². The molecule has 0 spiro atoms. The molecule has 1 N–H and O–H groups in total. The molecule has 0 aliphatic heterocycles. The van der Waals surface area contributed by atoms with Gasteiger partial charge in [0.25, 0.3) is 0 Å². The van der Waals surface area contributed by atoms with Gasteiger partial charge in [0.2, 0.25) is 5.82 Å². The number of nitro groups is 1. The summed E-state index contributed by atoms with van der Waals surface area (Å²) in [5.74, 6) is 0.504. The number of nitrogens with one attached hydrogen (secondary N) is 1. The molecule has 0 aliphatic rings. The van der Waals surface area contributed by atoms with Crippen molar-refractivity contribution in [1.82, 2.24) is 24.1 Å². The first-order chi connectivity index (χ1) is 11.5. The van der Waals surface area contributed by atoms with Crippen molar-refractivity contribution in [3.63, 3.8) is 0 Å². The van der Waals surface area contributed by atoms with Crippen LogP contribution in [0.2, 0.25) is 0 Å². The van der Waals surface area contributed by atoms with Gasteiger partial charge >= 0.3 is 11.2 Å². The summed E-state index contributed by atoms with van der Waals surface area (Å²) in [6, 6.07) is 5.06. The number of aromatic nitrogens is 5. The summed E-state index contributed by atoms with van der Waals surface area (Å²) in [7, 11) is 0. The molecule has 124 valence electrons. The number of nitrogens with zero attached hydrogens (tertiary/aromatic N) is 6. The third-order valence-electron chi connectivity index (χ3n) is 3.51. The molecule has 0 saturated carbocycles. The first-order valence-electron chi connectivity index (χ1n) is 7.27. The van der Waals surface area contributed by atoms with Crippen LogP contribution in [-0.4, -0.2) is 29.1 Å². The molecular formula is C14H15N7O3. The van der Waals surface area contributed by atoms with Crippen LogP contribution in [0.3, 0.4) is 0 Å². The molecule has 10 nitrogen and oxygen atoms in total. The minimum Gasteiger partial charge on any atom is -0.357 e. The highest BCUT2D eigenvalue weighted by molar-refractivity contribution is 5.59. The van der Waals surface area contributed by atoms with Crippen LogP contribution in [0.1, 0.15) is 25.7 Å². The third-order valence-corrected chi connectivity index (χ3v) is 3.51. The summed E-state index contributed by atoms with van der Waals surface area (Å²) in [4.78, 5) is 27.1. The van der Waals surface area contributed by atoms with Gasteiger partial charge in [-0.25, -0.2) is 4.98 Å². The lowest BCUT2D eigenvalue weighted by molar-refractivity contribution is -0.385. The highest BCUT2D eigenvalue weighted by Crippen LogP contribution is 2.19. The molecule has 0 aliphatic carbocycles. The van der Waals surface area contributed by atoms with Gasteiger partial charge in [-0.3, -0.25) is 19.3 Å². The average Bonchev–Trinajstić information content (AvgIpc) is 3.01. The molecule has 10 heteroatoms. The van der Waals surface area contributed by atoms with E-state index in [9.17, 15) is 14.9 Å². The minimum atomic E-state index is -0.738. The van der Waals surface area contributed by atoms with Crippen molar-refractivity contribution in [2.24, 2.45) is 0 Å². The molecule has 0 aromatic carbocycles. The van der Waals surface area contributed by atoms with E-state index in [-0.39, 0.29) is 18.4 Å². The van der Waals surface area contributed by atoms with Crippen LogP contribution in [0, 0.1) is 10.1 Å². The van der Waals surface area contributed by atoms with Crippen molar-refractivity contribution in [2.45, 2.75) is 26.4 Å². The monoisotopic (exact) mass is 329 g/mol. The maximum Gasteiger partial charge on any atom is 0.376 e. The molecule has 0 radical (unpaired) electrons. The Morgan fingerprint density at radius 1 is 1.38 bits per heavy atom. The largest absolute Gasteiger partial charge is 0.376 e. The van der Waals surface area contributed by atoms with E-state index in [2.05, 4.69) is 20.5 Å². The highest BCUT2D eigenvalue weighted by Gasteiger charge is 2.23. The zero-order valence-electron chi connectivity index (χ0n) is 13.1. The van der Waals surface area contributed by atoms with E-state index in [1.807, 2.05) is 18.4 Å². The normalized spacial score (nSPS) is 11.1. The quantitative estimate of drug-likeness (QED) is 0.554. The number of anilines is 1. The van der Waals surface area contributed by atoms with Crippen LogP contribution in [0.5, 0.6) is 0 Å². The van der Waals surface area contributed by atoms with E-state index >= 15 is 0 Å². The molecule has 3 heterocycles. The topological polar surface area (TPSA) is 120 Å². The SMILES string of the molecule is CC(C)n1cnnc1CNc1nc2ccccn2c(=O)c1[N+](=O)[O-]. The highest BCUT2D eigenvalue weighted by atomic mass is 16.6. The van der Waals surface area contributed by atoms with Gasteiger partial charge in [0.05, 0.1) is 11.5 Å². The lowest BCUT2D eigenvalue weighted by Gasteiger charge is -2.11. The Kier molecular flexibility index (Phi) is 3.94. The van der Waals surface area contributed by atoms with Gasteiger partial charge < -0.3 is 9.88 Å². The summed E-state index contributed by atoms with van der Waals surface area (Å²) in [5.41, 5.74) is -1.02. The Hall–Kier alpha value is -3.30. The molecule has 3 aromatic heterocycles. The van der Waals surface area contributed by atoms with E-state index in [4.69, 9.17) is 0 Å². The number of hydrogen-bond donors (Lipinski definition) is 1. The lowest BCUT2D eigenvalue weighted by atomic mass is 10.3. The van der Waals surface area contributed by atoms with Gasteiger partial charge in [-0.1, -0.05) is 6.07 Å². The molecule has 0 saturated heterocycles. The molecule has 24 heavy (non-hydrogen) atoms. The predicted octanol–water partition coefficient (Wildman–Crippen LogP) is 1.39. The van der Waals surface area contributed by atoms with Crippen molar-refractivity contribution in [2.75, 3.05) is 5.32 Å². The maximum absolute atomic E-state index is 12.3. The second kappa shape index (κ2) is 6.07. The Labute approximate surface area is 135 Å². The Bertz CT molecular complexity index is 960. The molecule has 0 atom stereocenters. The lowest BCUT2D eigenvalue weighted by Crippen LogP contribution is -2.21. The second-order valence-electron chi connectivity index (χ2n) is 5.40.